The number of hydrogen-bond donors (Lipinski definition) is 2. The monoisotopic (exact) mass is 326 g/mol. The van der Waals surface area contributed by atoms with Crippen LogP contribution in [0.25, 0.3) is 11.1 Å². The summed E-state index contributed by atoms with van der Waals surface area (Å²) >= 11 is 0. The minimum Gasteiger partial charge on any atom is -0.508 e. The van der Waals surface area contributed by atoms with E-state index in [4.69, 9.17) is 0 Å². The van der Waals surface area contributed by atoms with Gasteiger partial charge in [-0.3, -0.25) is 0 Å². The molecular weight excluding hydrogens is 296 g/mol. The maximum atomic E-state index is 10.9. The predicted octanol–water partition coefficient (Wildman–Crippen LogP) is 5.98. The number of hydrogen-bond acceptors (Lipinski definition) is 2. The lowest BCUT2D eigenvalue weighted by Gasteiger charge is -2.25. The Balaban J connectivity index is 2.74. The van der Waals surface area contributed by atoms with Crippen molar-refractivity contribution in [1.29, 1.82) is 0 Å². The van der Waals surface area contributed by atoms with Gasteiger partial charge in [0.1, 0.15) is 11.5 Å². The predicted molar refractivity (Wildman–Crippen MR) is 102 cm³/mol. The molecule has 0 unspecified atom stereocenters. The van der Waals surface area contributed by atoms with Crippen molar-refractivity contribution in [1.82, 2.24) is 0 Å². The maximum Gasteiger partial charge on any atom is 0.127 e. The average Bonchev–Trinajstić information content (AvgIpc) is 2.41. The maximum absolute atomic E-state index is 10.9. The summed E-state index contributed by atoms with van der Waals surface area (Å²) in [4.78, 5) is 0. The van der Waals surface area contributed by atoms with E-state index in [2.05, 4.69) is 41.5 Å². The zero-order valence-corrected chi connectivity index (χ0v) is 16.2. The number of rotatable bonds is 1. The summed E-state index contributed by atoms with van der Waals surface area (Å²) < 4.78 is 0. The highest BCUT2D eigenvalue weighted by molar-refractivity contribution is 5.77. The number of benzene rings is 2. The van der Waals surface area contributed by atoms with Gasteiger partial charge in [0.25, 0.3) is 0 Å². The number of phenolic OH excluding ortho intramolecular Hbond substituents is 2. The van der Waals surface area contributed by atoms with Crippen LogP contribution in [0, 0.1) is 13.8 Å². The Bertz CT molecular complexity index is 772. The fraction of sp³-hybridized carbons (Fsp3) is 0.455. The topological polar surface area (TPSA) is 40.5 Å². The first-order chi connectivity index (χ1) is 10.8. The fourth-order valence-electron chi connectivity index (χ4n) is 3.14. The lowest BCUT2D eigenvalue weighted by atomic mass is 9.81. The summed E-state index contributed by atoms with van der Waals surface area (Å²) in [6.45, 7) is 16.6. The van der Waals surface area contributed by atoms with Crippen LogP contribution in [0.15, 0.2) is 24.3 Å². The molecule has 0 spiro atoms. The molecule has 0 aromatic heterocycles. The summed E-state index contributed by atoms with van der Waals surface area (Å²) in [6, 6.07) is 7.85. The third-order valence-corrected chi connectivity index (χ3v) is 4.50. The summed E-state index contributed by atoms with van der Waals surface area (Å²) in [6.07, 6.45) is 0. The molecule has 0 radical (unpaired) electrons. The molecular formula is C22H30O2. The lowest BCUT2D eigenvalue weighted by molar-refractivity contribution is 0.445. The molecule has 0 fully saturated rings. The molecule has 0 amide bonds. The van der Waals surface area contributed by atoms with Crippen molar-refractivity contribution in [3.8, 4) is 22.6 Å². The molecule has 0 saturated heterocycles. The van der Waals surface area contributed by atoms with Crippen molar-refractivity contribution in [2.24, 2.45) is 0 Å². The van der Waals surface area contributed by atoms with Crippen LogP contribution >= 0.6 is 0 Å². The quantitative estimate of drug-likeness (QED) is 0.677. The number of aromatic hydroxyl groups is 2. The Morgan fingerprint density at radius 3 is 1.71 bits per heavy atom. The van der Waals surface area contributed by atoms with Gasteiger partial charge in [0.15, 0.2) is 0 Å². The second kappa shape index (κ2) is 5.84. The minimum absolute atomic E-state index is 0.126. The molecule has 2 N–H and O–H groups in total. The molecule has 0 aliphatic rings. The third kappa shape index (κ3) is 3.43. The van der Waals surface area contributed by atoms with Gasteiger partial charge in [0.2, 0.25) is 0 Å². The van der Waals surface area contributed by atoms with Crippen LogP contribution in [0.1, 0.15) is 63.8 Å². The first kappa shape index (κ1) is 18.4. The van der Waals surface area contributed by atoms with E-state index in [1.165, 1.54) is 0 Å². The zero-order valence-electron chi connectivity index (χ0n) is 16.2. The highest BCUT2D eigenvalue weighted by Gasteiger charge is 2.24. The molecule has 2 aromatic carbocycles. The molecule has 0 heterocycles. The van der Waals surface area contributed by atoms with Gasteiger partial charge in [-0.05, 0) is 59.1 Å². The summed E-state index contributed by atoms with van der Waals surface area (Å²) in [5.41, 5.74) is 5.40. The molecule has 0 aliphatic heterocycles. The van der Waals surface area contributed by atoms with Gasteiger partial charge < -0.3 is 10.2 Å². The van der Waals surface area contributed by atoms with E-state index in [9.17, 15) is 10.2 Å². The van der Waals surface area contributed by atoms with Crippen molar-refractivity contribution < 1.29 is 10.2 Å². The Labute approximate surface area is 146 Å². The SMILES string of the molecule is Cc1cc(-c2cc(O)c(C(C)(C)C)cc2C)c(O)c(C(C)(C)C)c1. The van der Waals surface area contributed by atoms with E-state index < -0.39 is 0 Å². The first-order valence-electron chi connectivity index (χ1n) is 8.51. The fourth-order valence-corrected chi connectivity index (χ4v) is 3.14. The van der Waals surface area contributed by atoms with Crippen molar-refractivity contribution in [3.05, 3.63) is 46.5 Å². The molecule has 24 heavy (non-hydrogen) atoms. The van der Waals surface area contributed by atoms with Crippen LogP contribution in [-0.4, -0.2) is 10.2 Å². The van der Waals surface area contributed by atoms with Crippen LogP contribution in [0.2, 0.25) is 0 Å². The van der Waals surface area contributed by atoms with Gasteiger partial charge in [-0.25, -0.2) is 0 Å². The van der Waals surface area contributed by atoms with Crippen molar-refractivity contribution in [3.63, 3.8) is 0 Å². The lowest BCUT2D eigenvalue weighted by Crippen LogP contribution is -2.13. The summed E-state index contributed by atoms with van der Waals surface area (Å²) in [5, 5.41) is 21.4. The highest BCUT2D eigenvalue weighted by Crippen LogP contribution is 2.43. The van der Waals surface area contributed by atoms with E-state index in [0.717, 1.165) is 33.4 Å². The molecule has 0 atom stereocenters. The van der Waals surface area contributed by atoms with E-state index in [1.807, 2.05) is 32.0 Å². The number of aryl methyl sites for hydroxylation is 2. The van der Waals surface area contributed by atoms with Crippen molar-refractivity contribution >= 4 is 0 Å². The minimum atomic E-state index is -0.147. The molecule has 0 bridgehead atoms. The van der Waals surface area contributed by atoms with E-state index in [1.54, 1.807) is 6.07 Å². The van der Waals surface area contributed by atoms with Gasteiger partial charge in [0, 0.05) is 11.1 Å². The van der Waals surface area contributed by atoms with Gasteiger partial charge in [-0.2, -0.15) is 0 Å². The average molecular weight is 326 g/mol. The molecule has 2 rings (SSSR count). The second-order valence-corrected chi connectivity index (χ2v) is 8.89. The molecule has 2 aromatic rings. The van der Waals surface area contributed by atoms with Crippen LogP contribution in [-0.2, 0) is 10.8 Å². The van der Waals surface area contributed by atoms with Crippen LogP contribution in [0.3, 0.4) is 0 Å². The Morgan fingerprint density at radius 2 is 1.21 bits per heavy atom. The molecule has 2 heteroatoms. The van der Waals surface area contributed by atoms with E-state index in [-0.39, 0.29) is 16.6 Å². The Kier molecular flexibility index (Phi) is 4.47. The van der Waals surface area contributed by atoms with Gasteiger partial charge in [-0.1, -0.05) is 53.7 Å². The van der Waals surface area contributed by atoms with Gasteiger partial charge in [0.05, 0.1) is 0 Å². The van der Waals surface area contributed by atoms with Crippen LogP contribution in [0.5, 0.6) is 11.5 Å². The molecule has 0 saturated carbocycles. The Morgan fingerprint density at radius 1 is 0.667 bits per heavy atom. The standard InChI is InChI=1S/C22H30O2/c1-13-9-16(20(24)18(10-13)22(6,7)8)15-12-19(23)17(11-14(15)2)21(3,4)5/h9-12,23-24H,1-8H3. The van der Waals surface area contributed by atoms with Crippen LogP contribution in [0.4, 0.5) is 0 Å². The molecule has 0 aliphatic carbocycles. The first-order valence-corrected chi connectivity index (χ1v) is 8.51. The zero-order chi connectivity index (χ0) is 18.4. The smallest absolute Gasteiger partial charge is 0.127 e. The molecule has 130 valence electrons. The van der Waals surface area contributed by atoms with E-state index >= 15 is 0 Å². The number of phenols is 2. The van der Waals surface area contributed by atoms with Crippen molar-refractivity contribution in [2.45, 2.75) is 66.2 Å². The summed E-state index contributed by atoms with van der Waals surface area (Å²) in [7, 11) is 0. The van der Waals surface area contributed by atoms with Crippen molar-refractivity contribution in [2.75, 3.05) is 0 Å². The molecule has 2 nitrogen and oxygen atoms in total. The van der Waals surface area contributed by atoms with Crippen LogP contribution < -0.4 is 0 Å². The summed E-state index contributed by atoms with van der Waals surface area (Å²) in [5.74, 6) is 0.584. The third-order valence-electron chi connectivity index (χ3n) is 4.50. The van der Waals surface area contributed by atoms with Gasteiger partial charge >= 0.3 is 0 Å². The highest BCUT2D eigenvalue weighted by atomic mass is 16.3. The van der Waals surface area contributed by atoms with Gasteiger partial charge in [-0.15, -0.1) is 0 Å². The Hall–Kier alpha value is -1.96. The normalized spacial score (nSPS) is 12.5. The van der Waals surface area contributed by atoms with E-state index in [0.29, 0.717) is 5.75 Å². The second-order valence-electron chi connectivity index (χ2n) is 8.89. The largest absolute Gasteiger partial charge is 0.508 e.